The molecule has 0 amide bonds. The number of rotatable bonds is 13. The number of nitrogens with zero attached hydrogens (tertiary/aromatic N) is 1. The lowest BCUT2D eigenvalue weighted by Crippen LogP contribution is -2.25. The first-order valence-electron chi connectivity index (χ1n) is 12.5. The van der Waals surface area contributed by atoms with E-state index >= 15 is 0 Å². The van der Waals surface area contributed by atoms with Gasteiger partial charge in [0.2, 0.25) is 0 Å². The number of benzene rings is 2. The van der Waals surface area contributed by atoms with Crippen molar-refractivity contribution in [1.82, 2.24) is 4.90 Å². The topological polar surface area (TPSA) is 43.7 Å². The van der Waals surface area contributed by atoms with Crippen molar-refractivity contribution in [3.63, 3.8) is 0 Å². The first-order valence-corrected chi connectivity index (χ1v) is 12.5. The van der Waals surface area contributed by atoms with Crippen LogP contribution in [0, 0.1) is 33.6 Å². The van der Waals surface area contributed by atoms with E-state index in [0.29, 0.717) is 11.5 Å². The van der Waals surface area contributed by atoms with Gasteiger partial charge in [-0.1, -0.05) is 76.6 Å². The van der Waals surface area contributed by atoms with E-state index < -0.39 is 0 Å². The summed E-state index contributed by atoms with van der Waals surface area (Å²) in [5.74, 6) is 1.54. The third-order valence-corrected chi connectivity index (χ3v) is 6.65. The SMILES string of the molecule is CCCCCCCC(C)CCN(Cc1cc(C)c(O)c(C)c1)Cc1cc(C)c(O)c(C)c1. The van der Waals surface area contributed by atoms with Gasteiger partial charge in [-0.3, -0.25) is 4.90 Å². The molecule has 0 aliphatic heterocycles. The molecular weight excluding hydrogens is 394 g/mol. The summed E-state index contributed by atoms with van der Waals surface area (Å²) in [5.41, 5.74) is 6.26. The zero-order chi connectivity index (χ0) is 23.7. The predicted molar refractivity (Wildman–Crippen MR) is 136 cm³/mol. The predicted octanol–water partition coefficient (Wildman–Crippen LogP) is 7.72. The van der Waals surface area contributed by atoms with Crippen molar-refractivity contribution in [1.29, 1.82) is 0 Å². The molecule has 1 unspecified atom stereocenters. The Labute approximate surface area is 196 Å². The van der Waals surface area contributed by atoms with E-state index in [2.05, 4.69) is 43.0 Å². The zero-order valence-electron chi connectivity index (χ0n) is 21.3. The van der Waals surface area contributed by atoms with E-state index in [4.69, 9.17) is 0 Å². The first kappa shape index (κ1) is 26.3. The monoisotopic (exact) mass is 439 g/mol. The van der Waals surface area contributed by atoms with Gasteiger partial charge < -0.3 is 10.2 Å². The van der Waals surface area contributed by atoms with Crippen LogP contribution in [0.4, 0.5) is 0 Å². The van der Waals surface area contributed by atoms with Crippen LogP contribution in [0.15, 0.2) is 24.3 Å². The van der Waals surface area contributed by atoms with E-state index in [0.717, 1.165) is 47.8 Å². The number of aryl methyl sites for hydroxylation is 4. The molecule has 0 bridgehead atoms. The third-order valence-electron chi connectivity index (χ3n) is 6.65. The van der Waals surface area contributed by atoms with Gasteiger partial charge in [0.15, 0.2) is 0 Å². The van der Waals surface area contributed by atoms with Crippen LogP contribution in [0.2, 0.25) is 0 Å². The van der Waals surface area contributed by atoms with Crippen LogP contribution in [0.3, 0.4) is 0 Å². The molecule has 3 nitrogen and oxygen atoms in total. The highest BCUT2D eigenvalue weighted by Gasteiger charge is 2.13. The van der Waals surface area contributed by atoms with Crippen molar-refractivity contribution in [2.24, 2.45) is 5.92 Å². The Balaban J connectivity index is 2.07. The quantitative estimate of drug-likeness (QED) is 0.314. The second-order valence-corrected chi connectivity index (χ2v) is 9.96. The molecule has 0 heterocycles. The molecule has 2 N–H and O–H groups in total. The van der Waals surface area contributed by atoms with Crippen LogP contribution in [-0.4, -0.2) is 21.7 Å². The summed E-state index contributed by atoms with van der Waals surface area (Å²) in [6.45, 7) is 15.3. The Kier molecular flexibility index (Phi) is 10.6. The van der Waals surface area contributed by atoms with E-state index in [1.165, 1.54) is 56.1 Å². The summed E-state index contributed by atoms with van der Waals surface area (Å²) >= 11 is 0. The van der Waals surface area contributed by atoms with Crippen LogP contribution < -0.4 is 0 Å². The molecule has 0 fully saturated rings. The van der Waals surface area contributed by atoms with Gasteiger partial charge >= 0.3 is 0 Å². The molecule has 0 saturated carbocycles. The summed E-state index contributed by atoms with van der Waals surface area (Å²) in [5, 5.41) is 20.3. The fourth-order valence-corrected chi connectivity index (χ4v) is 4.65. The minimum absolute atomic E-state index is 0.404. The molecule has 3 heteroatoms. The van der Waals surface area contributed by atoms with E-state index in [1.807, 2.05) is 27.7 Å². The molecule has 1 atom stereocenters. The number of phenols is 2. The summed E-state index contributed by atoms with van der Waals surface area (Å²) in [6.07, 6.45) is 9.24. The number of phenolic OH excluding ortho intramolecular Hbond substituents is 2. The molecular formula is C29H45NO2. The second kappa shape index (κ2) is 12.9. The van der Waals surface area contributed by atoms with Crippen LogP contribution >= 0.6 is 0 Å². The van der Waals surface area contributed by atoms with Crippen LogP contribution in [-0.2, 0) is 13.1 Å². The number of aromatic hydroxyl groups is 2. The van der Waals surface area contributed by atoms with Crippen LogP contribution in [0.25, 0.3) is 0 Å². The van der Waals surface area contributed by atoms with Crippen molar-refractivity contribution >= 4 is 0 Å². The van der Waals surface area contributed by atoms with E-state index in [-0.39, 0.29) is 0 Å². The Morgan fingerprint density at radius 3 is 1.56 bits per heavy atom. The molecule has 32 heavy (non-hydrogen) atoms. The van der Waals surface area contributed by atoms with Crippen LogP contribution in [0.5, 0.6) is 11.5 Å². The minimum Gasteiger partial charge on any atom is -0.507 e. The van der Waals surface area contributed by atoms with Crippen LogP contribution in [0.1, 0.15) is 92.2 Å². The average molecular weight is 440 g/mol. The Morgan fingerprint density at radius 1 is 0.688 bits per heavy atom. The Bertz CT molecular complexity index is 753. The van der Waals surface area contributed by atoms with Gasteiger partial charge in [-0.2, -0.15) is 0 Å². The standard InChI is InChI=1S/C29H45NO2/c1-7-8-9-10-11-12-21(2)13-14-30(19-26-15-22(3)28(31)23(4)16-26)20-27-17-24(5)29(32)25(6)18-27/h15-18,21,31-32H,7-14,19-20H2,1-6H3. The van der Waals surface area contributed by atoms with E-state index in [9.17, 15) is 10.2 Å². The Morgan fingerprint density at radius 2 is 1.12 bits per heavy atom. The van der Waals surface area contributed by atoms with Gasteiger partial charge in [0, 0.05) is 13.1 Å². The van der Waals surface area contributed by atoms with Crippen molar-refractivity contribution < 1.29 is 10.2 Å². The summed E-state index contributed by atoms with van der Waals surface area (Å²) in [6, 6.07) is 8.44. The summed E-state index contributed by atoms with van der Waals surface area (Å²) in [4.78, 5) is 2.52. The molecule has 178 valence electrons. The van der Waals surface area contributed by atoms with Crippen molar-refractivity contribution in [3.8, 4) is 11.5 Å². The second-order valence-electron chi connectivity index (χ2n) is 9.96. The molecule has 2 aromatic rings. The zero-order valence-corrected chi connectivity index (χ0v) is 21.3. The van der Waals surface area contributed by atoms with Gasteiger partial charge in [-0.15, -0.1) is 0 Å². The normalized spacial score (nSPS) is 12.5. The van der Waals surface area contributed by atoms with Crippen molar-refractivity contribution in [2.75, 3.05) is 6.54 Å². The fraction of sp³-hybridized carbons (Fsp3) is 0.586. The van der Waals surface area contributed by atoms with Gasteiger partial charge in [0.1, 0.15) is 11.5 Å². The van der Waals surface area contributed by atoms with E-state index in [1.54, 1.807) is 0 Å². The number of hydrogen-bond donors (Lipinski definition) is 2. The number of hydrogen-bond acceptors (Lipinski definition) is 3. The molecule has 0 spiro atoms. The molecule has 2 aromatic carbocycles. The molecule has 2 rings (SSSR count). The summed E-state index contributed by atoms with van der Waals surface area (Å²) in [7, 11) is 0. The van der Waals surface area contributed by atoms with Crippen molar-refractivity contribution in [2.45, 2.75) is 99.6 Å². The van der Waals surface area contributed by atoms with Crippen molar-refractivity contribution in [3.05, 3.63) is 57.6 Å². The maximum Gasteiger partial charge on any atom is 0.121 e. The molecule has 0 saturated heterocycles. The van der Waals surface area contributed by atoms with Gasteiger partial charge in [0.05, 0.1) is 0 Å². The lowest BCUT2D eigenvalue weighted by Gasteiger charge is -2.25. The highest BCUT2D eigenvalue weighted by molar-refractivity contribution is 5.43. The number of unbranched alkanes of at least 4 members (excludes halogenated alkanes) is 4. The summed E-state index contributed by atoms with van der Waals surface area (Å²) < 4.78 is 0. The average Bonchev–Trinajstić information content (AvgIpc) is 2.74. The largest absolute Gasteiger partial charge is 0.507 e. The maximum atomic E-state index is 10.2. The lowest BCUT2D eigenvalue weighted by atomic mass is 9.98. The van der Waals surface area contributed by atoms with Gasteiger partial charge in [0.25, 0.3) is 0 Å². The highest BCUT2D eigenvalue weighted by atomic mass is 16.3. The minimum atomic E-state index is 0.404. The first-order chi connectivity index (χ1) is 15.2. The van der Waals surface area contributed by atoms with Gasteiger partial charge in [-0.25, -0.2) is 0 Å². The third kappa shape index (κ3) is 8.16. The maximum absolute atomic E-state index is 10.2. The molecule has 0 aliphatic carbocycles. The Hall–Kier alpha value is -2.00. The fourth-order valence-electron chi connectivity index (χ4n) is 4.65. The molecule has 0 aliphatic rings. The smallest absolute Gasteiger partial charge is 0.121 e. The lowest BCUT2D eigenvalue weighted by molar-refractivity contribution is 0.234. The van der Waals surface area contributed by atoms with Gasteiger partial charge in [-0.05, 0) is 80.0 Å². The molecule has 0 radical (unpaired) electrons. The highest BCUT2D eigenvalue weighted by Crippen LogP contribution is 2.27. The molecule has 0 aromatic heterocycles.